The van der Waals surface area contributed by atoms with Crippen molar-refractivity contribution in [3.8, 4) is 17.2 Å². The molecule has 9 heteroatoms. The van der Waals surface area contributed by atoms with E-state index in [2.05, 4.69) is 11.4 Å². The number of rotatable bonds is 10. The second-order valence-electron chi connectivity index (χ2n) is 9.61. The van der Waals surface area contributed by atoms with Gasteiger partial charge in [0.25, 0.3) is 0 Å². The van der Waals surface area contributed by atoms with Crippen molar-refractivity contribution in [2.24, 2.45) is 0 Å². The normalized spacial score (nSPS) is 15.7. The van der Waals surface area contributed by atoms with E-state index in [1.165, 1.54) is 22.3 Å². The standard InChI is InChI=1S/C29H39N3O5.ClH/c1-5-31(6-2)29(34)37-24-7-8-25-22(16-24)15-23(25)19-30-12-9-28(33)32-13-10-20-17-26(35-3)27(36-4)18-21(20)11-14-32;/h7-8,16-18,23,30H,5-6,9-15,19H2,1-4H3;1H. The highest BCUT2D eigenvalue weighted by Gasteiger charge is 2.27. The Morgan fingerprint density at radius 2 is 1.61 bits per heavy atom. The van der Waals surface area contributed by atoms with Crippen molar-refractivity contribution in [3.63, 3.8) is 0 Å². The van der Waals surface area contributed by atoms with Crippen LogP contribution in [0.15, 0.2) is 30.3 Å². The zero-order chi connectivity index (χ0) is 26.4. The number of ether oxygens (including phenoxy) is 3. The molecule has 2 aliphatic rings. The van der Waals surface area contributed by atoms with E-state index in [1.54, 1.807) is 19.1 Å². The van der Waals surface area contributed by atoms with Crippen LogP contribution in [0, 0.1) is 0 Å². The van der Waals surface area contributed by atoms with Crippen LogP contribution >= 0.6 is 12.4 Å². The average molecular weight is 546 g/mol. The van der Waals surface area contributed by atoms with Gasteiger partial charge in [-0.25, -0.2) is 4.79 Å². The predicted octanol–water partition coefficient (Wildman–Crippen LogP) is 4.21. The van der Waals surface area contributed by atoms with Crippen molar-refractivity contribution < 1.29 is 23.8 Å². The van der Waals surface area contributed by atoms with Crippen LogP contribution in [0.5, 0.6) is 17.2 Å². The van der Waals surface area contributed by atoms with E-state index in [1.807, 2.05) is 43.0 Å². The number of amides is 2. The summed E-state index contributed by atoms with van der Waals surface area (Å²) >= 11 is 0. The highest BCUT2D eigenvalue weighted by atomic mass is 35.5. The molecule has 1 atom stereocenters. The van der Waals surface area contributed by atoms with Crippen molar-refractivity contribution in [2.75, 3.05) is 53.5 Å². The lowest BCUT2D eigenvalue weighted by Gasteiger charge is -2.31. The van der Waals surface area contributed by atoms with Gasteiger partial charge in [-0.3, -0.25) is 4.79 Å². The molecule has 0 saturated carbocycles. The summed E-state index contributed by atoms with van der Waals surface area (Å²) in [6.07, 6.45) is 2.77. The minimum absolute atomic E-state index is 0. The van der Waals surface area contributed by atoms with Gasteiger partial charge in [0.05, 0.1) is 14.2 Å². The molecular weight excluding hydrogens is 506 g/mol. The molecule has 1 unspecified atom stereocenters. The molecule has 38 heavy (non-hydrogen) atoms. The van der Waals surface area contributed by atoms with E-state index < -0.39 is 0 Å². The fraction of sp³-hybridized carbons (Fsp3) is 0.517. The van der Waals surface area contributed by atoms with Gasteiger partial charge < -0.3 is 29.3 Å². The maximum atomic E-state index is 12.9. The van der Waals surface area contributed by atoms with Crippen molar-refractivity contribution in [2.45, 2.75) is 45.4 Å². The molecule has 0 spiro atoms. The number of halogens is 1. The molecule has 0 bridgehead atoms. The zero-order valence-electron chi connectivity index (χ0n) is 22.9. The number of carbonyl (C=O) groups excluding carboxylic acids is 2. The van der Waals surface area contributed by atoms with Gasteiger partial charge in [0, 0.05) is 51.6 Å². The highest BCUT2D eigenvalue weighted by Crippen LogP contribution is 2.37. The fourth-order valence-electron chi connectivity index (χ4n) is 5.22. The lowest BCUT2D eigenvalue weighted by Crippen LogP contribution is -2.36. The van der Waals surface area contributed by atoms with Crippen LogP contribution in [0.25, 0.3) is 0 Å². The maximum absolute atomic E-state index is 12.9. The molecule has 1 N–H and O–H groups in total. The Balaban J connectivity index is 0.00000400. The first-order valence-electron chi connectivity index (χ1n) is 13.3. The summed E-state index contributed by atoms with van der Waals surface area (Å²) < 4.78 is 16.4. The van der Waals surface area contributed by atoms with Gasteiger partial charge in [-0.15, -0.1) is 12.4 Å². The van der Waals surface area contributed by atoms with Crippen molar-refractivity contribution in [1.82, 2.24) is 15.1 Å². The molecule has 1 aliphatic carbocycles. The monoisotopic (exact) mass is 545 g/mol. The second-order valence-corrected chi connectivity index (χ2v) is 9.61. The van der Waals surface area contributed by atoms with E-state index in [0.29, 0.717) is 37.7 Å². The summed E-state index contributed by atoms with van der Waals surface area (Å²) in [6.45, 7) is 8.08. The van der Waals surface area contributed by atoms with Gasteiger partial charge in [0.15, 0.2) is 11.5 Å². The number of methoxy groups -OCH3 is 2. The molecule has 1 heterocycles. The van der Waals surface area contributed by atoms with E-state index in [-0.39, 0.29) is 24.4 Å². The van der Waals surface area contributed by atoms with Crippen LogP contribution in [0.3, 0.4) is 0 Å². The molecule has 0 aromatic heterocycles. The molecule has 2 aromatic carbocycles. The summed E-state index contributed by atoms with van der Waals surface area (Å²) in [5.74, 6) is 2.69. The van der Waals surface area contributed by atoms with Gasteiger partial charge in [0.1, 0.15) is 5.75 Å². The van der Waals surface area contributed by atoms with E-state index in [9.17, 15) is 9.59 Å². The molecular formula is C29H40ClN3O5. The predicted molar refractivity (Wildman–Crippen MR) is 150 cm³/mol. The Labute approximate surface area is 232 Å². The Kier molecular flexibility index (Phi) is 10.7. The van der Waals surface area contributed by atoms with Gasteiger partial charge in [-0.2, -0.15) is 0 Å². The first-order chi connectivity index (χ1) is 18.0. The molecule has 208 valence electrons. The van der Waals surface area contributed by atoms with Crippen molar-refractivity contribution >= 4 is 24.4 Å². The van der Waals surface area contributed by atoms with Gasteiger partial charge in [-0.1, -0.05) is 6.07 Å². The number of hydrogen-bond acceptors (Lipinski definition) is 6. The number of fused-ring (bicyclic) bond motifs is 2. The highest BCUT2D eigenvalue weighted by molar-refractivity contribution is 5.85. The molecule has 0 fully saturated rings. The van der Waals surface area contributed by atoms with Crippen LogP contribution in [0.1, 0.15) is 48.4 Å². The zero-order valence-corrected chi connectivity index (χ0v) is 23.7. The number of hydrogen-bond donors (Lipinski definition) is 1. The van der Waals surface area contributed by atoms with Gasteiger partial charge in [-0.05, 0) is 79.6 Å². The van der Waals surface area contributed by atoms with Gasteiger partial charge >= 0.3 is 6.09 Å². The molecule has 0 saturated heterocycles. The maximum Gasteiger partial charge on any atom is 0.415 e. The van der Waals surface area contributed by atoms with Crippen LogP contribution in [-0.2, 0) is 24.1 Å². The molecule has 1 aliphatic heterocycles. The van der Waals surface area contributed by atoms with E-state index in [4.69, 9.17) is 14.2 Å². The van der Waals surface area contributed by atoms with Crippen LogP contribution in [0.2, 0.25) is 0 Å². The van der Waals surface area contributed by atoms with Crippen molar-refractivity contribution in [3.05, 3.63) is 52.6 Å². The Bertz CT molecular complexity index is 1090. The molecule has 0 radical (unpaired) electrons. The molecule has 8 nitrogen and oxygen atoms in total. The molecule has 2 aromatic rings. The topological polar surface area (TPSA) is 80.3 Å². The largest absolute Gasteiger partial charge is 0.493 e. The summed E-state index contributed by atoms with van der Waals surface area (Å²) in [6, 6.07) is 9.98. The molecule has 2 amide bonds. The van der Waals surface area contributed by atoms with Crippen LogP contribution in [-0.4, -0.2) is 75.3 Å². The number of nitrogens with one attached hydrogen (secondary N) is 1. The van der Waals surface area contributed by atoms with Crippen molar-refractivity contribution in [1.29, 1.82) is 0 Å². The summed E-state index contributed by atoms with van der Waals surface area (Å²) in [5.41, 5.74) is 4.96. The van der Waals surface area contributed by atoms with E-state index in [0.717, 1.165) is 50.4 Å². The Hall–Kier alpha value is -2.97. The number of benzene rings is 2. The Morgan fingerprint density at radius 3 is 2.16 bits per heavy atom. The number of carbonyl (C=O) groups is 2. The third-order valence-electron chi connectivity index (χ3n) is 7.51. The quantitative estimate of drug-likeness (QED) is 0.450. The van der Waals surface area contributed by atoms with Crippen LogP contribution < -0.4 is 19.5 Å². The van der Waals surface area contributed by atoms with Crippen LogP contribution in [0.4, 0.5) is 4.79 Å². The van der Waals surface area contributed by atoms with Gasteiger partial charge in [0.2, 0.25) is 5.91 Å². The SMILES string of the molecule is CCN(CC)C(=O)Oc1ccc2c(c1)CC2CNCCC(=O)N1CCc2cc(OC)c(OC)cc2CC1.Cl. The third-order valence-corrected chi connectivity index (χ3v) is 7.51. The molecule has 4 rings (SSSR count). The smallest absolute Gasteiger partial charge is 0.415 e. The minimum Gasteiger partial charge on any atom is -0.493 e. The third kappa shape index (κ3) is 6.72. The lowest BCUT2D eigenvalue weighted by atomic mass is 9.77. The summed E-state index contributed by atoms with van der Waals surface area (Å²) in [7, 11) is 3.29. The lowest BCUT2D eigenvalue weighted by molar-refractivity contribution is -0.131. The minimum atomic E-state index is -0.306. The first-order valence-corrected chi connectivity index (χ1v) is 13.3. The first kappa shape index (κ1) is 29.6. The fourth-order valence-corrected chi connectivity index (χ4v) is 5.22. The number of nitrogens with zero attached hydrogens (tertiary/aromatic N) is 2. The van der Waals surface area contributed by atoms with E-state index >= 15 is 0 Å². The second kappa shape index (κ2) is 13.7. The summed E-state index contributed by atoms with van der Waals surface area (Å²) in [4.78, 5) is 28.7. The summed E-state index contributed by atoms with van der Waals surface area (Å²) in [5, 5.41) is 3.47. The Morgan fingerprint density at radius 1 is 0.974 bits per heavy atom. The average Bonchev–Trinajstić information content (AvgIpc) is 3.11.